The summed E-state index contributed by atoms with van der Waals surface area (Å²) >= 11 is 0. The van der Waals surface area contributed by atoms with Crippen LogP contribution in [0.15, 0.2) is 18.3 Å². The molecule has 142 valence electrons. The SMILES string of the molecule is CC1(CN)CCN(C(=O)c2ccc(N3CCCCCC3)nc2)C1.Cl.Cl. The van der Waals surface area contributed by atoms with Crippen molar-refractivity contribution in [1.29, 1.82) is 0 Å². The lowest BCUT2D eigenvalue weighted by Gasteiger charge is -2.23. The van der Waals surface area contributed by atoms with E-state index in [1.54, 1.807) is 6.20 Å². The number of rotatable bonds is 3. The molecule has 0 aromatic carbocycles. The van der Waals surface area contributed by atoms with Crippen molar-refractivity contribution in [3.05, 3.63) is 23.9 Å². The van der Waals surface area contributed by atoms with Crippen LogP contribution in [0, 0.1) is 5.41 Å². The number of hydrogen-bond acceptors (Lipinski definition) is 4. The van der Waals surface area contributed by atoms with E-state index in [2.05, 4.69) is 16.8 Å². The van der Waals surface area contributed by atoms with E-state index >= 15 is 0 Å². The van der Waals surface area contributed by atoms with Crippen LogP contribution in [-0.4, -0.2) is 48.5 Å². The molecule has 1 unspecified atom stereocenters. The first-order valence-corrected chi connectivity index (χ1v) is 8.82. The molecule has 0 spiro atoms. The van der Waals surface area contributed by atoms with Gasteiger partial charge in [0.25, 0.3) is 5.91 Å². The normalized spacial score (nSPS) is 23.4. The van der Waals surface area contributed by atoms with Gasteiger partial charge in [-0.25, -0.2) is 4.98 Å². The van der Waals surface area contributed by atoms with Crippen molar-refractivity contribution in [3.8, 4) is 0 Å². The van der Waals surface area contributed by atoms with Crippen molar-refractivity contribution < 1.29 is 4.79 Å². The molecule has 0 bridgehead atoms. The number of hydrogen-bond donors (Lipinski definition) is 1. The van der Waals surface area contributed by atoms with Crippen LogP contribution in [0.2, 0.25) is 0 Å². The Morgan fingerprint density at radius 3 is 2.36 bits per heavy atom. The van der Waals surface area contributed by atoms with E-state index in [4.69, 9.17) is 5.73 Å². The molecular weight excluding hydrogens is 359 g/mol. The fraction of sp³-hybridized carbons (Fsp3) is 0.667. The summed E-state index contributed by atoms with van der Waals surface area (Å²) in [4.78, 5) is 21.4. The summed E-state index contributed by atoms with van der Waals surface area (Å²) < 4.78 is 0. The third kappa shape index (κ3) is 5.22. The molecule has 3 heterocycles. The smallest absolute Gasteiger partial charge is 0.255 e. The quantitative estimate of drug-likeness (QED) is 0.863. The highest BCUT2D eigenvalue weighted by Gasteiger charge is 2.35. The highest BCUT2D eigenvalue weighted by molar-refractivity contribution is 5.94. The van der Waals surface area contributed by atoms with E-state index in [1.807, 2.05) is 17.0 Å². The van der Waals surface area contributed by atoms with Crippen molar-refractivity contribution in [3.63, 3.8) is 0 Å². The number of nitrogens with zero attached hydrogens (tertiary/aromatic N) is 3. The van der Waals surface area contributed by atoms with Crippen LogP contribution in [0.1, 0.15) is 49.4 Å². The zero-order valence-corrected chi connectivity index (χ0v) is 16.6. The monoisotopic (exact) mass is 388 g/mol. The van der Waals surface area contributed by atoms with Gasteiger partial charge in [-0.3, -0.25) is 4.79 Å². The Balaban J connectivity index is 0.00000156. The lowest BCUT2D eigenvalue weighted by Crippen LogP contribution is -2.34. The maximum Gasteiger partial charge on any atom is 0.255 e. The molecule has 25 heavy (non-hydrogen) atoms. The lowest BCUT2D eigenvalue weighted by molar-refractivity contribution is 0.0776. The molecule has 1 aromatic rings. The maximum atomic E-state index is 12.6. The van der Waals surface area contributed by atoms with Crippen molar-refractivity contribution in [2.24, 2.45) is 11.1 Å². The van der Waals surface area contributed by atoms with Crippen LogP contribution in [0.25, 0.3) is 0 Å². The molecular formula is C18H30Cl2N4O. The van der Waals surface area contributed by atoms with Crippen LogP contribution in [0.5, 0.6) is 0 Å². The van der Waals surface area contributed by atoms with Crippen molar-refractivity contribution >= 4 is 36.5 Å². The number of pyridine rings is 1. The third-order valence-corrected chi connectivity index (χ3v) is 5.26. The lowest BCUT2D eigenvalue weighted by atomic mass is 9.90. The van der Waals surface area contributed by atoms with Crippen LogP contribution < -0.4 is 10.6 Å². The first kappa shape index (κ1) is 22.0. The number of halogens is 2. The summed E-state index contributed by atoms with van der Waals surface area (Å²) in [5.41, 5.74) is 6.58. The van der Waals surface area contributed by atoms with E-state index in [0.717, 1.165) is 38.4 Å². The number of carbonyl (C=O) groups excluding carboxylic acids is 1. The Labute approximate surface area is 163 Å². The van der Waals surface area contributed by atoms with Gasteiger partial charge >= 0.3 is 0 Å². The van der Waals surface area contributed by atoms with Crippen molar-refractivity contribution in [2.45, 2.75) is 39.0 Å². The third-order valence-electron chi connectivity index (χ3n) is 5.26. The molecule has 5 nitrogen and oxygen atoms in total. The molecule has 3 rings (SSSR count). The molecule has 2 aliphatic rings. The Kier molecular flexibility index (Phi) is 8.45. The molecule has 1 amide bonds. The van der Waals surface area contributed by atoms with Crippen LogP contribution in [-0.2, 0) is 0 Å². The first-order valence-electron chi connectivity index (χ1n) is 8.82. The van der Waals surface area contributed by atoms with Gasteiger partial charge in [0.2, 0.25) is 0 Å². The number of likely N-dealkylation sites (tertiary alicyclic amines) is 1. The average Bonchev–Trinajstić information content (AvgIpc) is 2.80. The van der Waals surface area contributed by atoms with Crippen molar-refractivity contribution in [2.75, 3.05) is 37.6 Å². The van der Waals surface area contributed by atoms with Gasteiger partial charge in [0.1, 0.15) is 5.82 Å². The number of amides is 1. The fourth-order valence-electron chi connectivity index (χ4n) is 3.55. The van der Waals surface area contributed by atoms with E-state index in [9.17, 15) is 4.79 Å². The Hall–Kier alpha value is -1.04. The second-order valence-electron chi connectivity index (χ2n) is 7.30. The minimum Gasteiger partial charge on any atom is -0.357 e. The molecule has 7 heteroatoms. The first-order chi connectivity index (χ1) is 11.1. The van der Waals surface area contributed by atoms with Gasteiger partial charge in [-0.1, -0.05) is 19.8 Å². The van der Waals surface area contributed by atoms with Gasteiger partial charge < -0.3 is 15.5 Å². The number of aromatic nitrogens is 1. The zero-order valence-electron chi connectivity index (χ0n) is 14.9. The number of nitrogens with two attached hydrogens (primary N) is 1. The summed E-state index contributed by atoms with van der Waals surface area (Å²) in [6, 6.07) is 3.92. The molecule has 2 saturated heterocycles. The second kappa shape index (κ2) is 9.60. The molecule has 2 aliphatic heterocycles. The summed E-state index contributed by atoms with van der Waals surface area (Å²) in [6.45, 7) is 6.46. The minimum absolute atomic E-state index is 0. The van der Waals surface area contributed by atoms with Crippen molar-refractivity contribution in [1.82, 2.24) is 9.88 Å². The molecule has 0 aliphatic carbocycles. The zero-order chi connectivity index (χ0) is 16.3. The van der Waals surface area contributed by atoms with E-state index < -0.39 is 0 Å². The molecule has 1 aromatic heterocycles. The fourth-order valence-corrected chi connectivity index (χ4v) is 3.55. The van der Waals surface area contributed by atoms with E-state index in [-0.39, 0.29) is 36.1 Å². The van der Waals surface area contributed by atoms with Gasteiger partial charge in [0.15, 0.2) is 0 Å². The Morgan fingerprint density at radius 2 is 1.84 bits per heavy atom. The largest absolute Gasteiger partial charge is 0.357 e. The second-order valence-corrected chi connectivity index (χ2v) is 7.30. The van der Waals surface area contributed by atoms with Gasteiger partial charge in [-0.05, 0) is 43.4 Å². The summed E-state index contributed by atoms with van der Waals surface area (Å²) in [7, 11) is 0. The van der Waals surface area contributed by atoms with E-state index in [0.29, 0.717) is 12.1 Å². The highest BCUT2D eigenvalue weighted by Crippen LogP contribution is 2.29. The van der Waals surface area contributed by atoms with Crippen LogP contribution >= 0.6 is 24.8 Å². The summed E-state index contributed by atoms with van der Waals surface area (Å²) in [6.07, 6.45) is 7.79. The Morgan fingerprint density at radius 1 is 1.16 bits per heavy atom. The van der Waals surface area contributed by atoms with Gasteiger partial charge in [0, 0.05) is 32.4 Å². The number of carbonyl (C=O) groups is 1. The molecule has 2 N–H and O–H groups in total. The highest BCUT2D eigenvalue weighted by atomic mass is 35.5. The summed E-state index contributed by atoms with van der Waals surface area (Å²) in [5.74, 6) is 1.08. The maximum absolute atomic E-state index is 12.6. The topological polar surface area (TPSA) is 62.5 Å². The van der Waals surface area contributed by atoms with E-state index in [1.165, 1.54) is 25.7 Å². The predicted octanol–water partition coefficient (Wildman–Crippen LogP) is 3.12. The standard InChI is InChI=1S/C18H28N4O.2ClH/c1-18(13-19)8-11-22(14-18)17(23)15-6-7-16(20-12-15)21-9-4-2-3-5-10-21;;/h6-7,12H,2-5,8-11,13-14,19H2,1H3;2*1H. The average molecular weight is 389 g/mol. The summed E-state index contributed by atoms with van der Waals surface area (Å²) in [5, 5.41) is 0. The molecule has 0 saturated carbocycles. The molecule has 1 atom stereocenters. The minimum atomic E-state index is 0. The van der Waals surface area contributed by atoms with Crippen LogP contribution in [0.4, 0.5) is 5.82 Å². The number of anilines is 1. The van der Waals surface area contributed by atoms with Gasteiger partial charge in [0.05, 0.1) is 5.56 Å². The van der Waals surface area contributed by atoms with Crippen LogP contribution in [0.3, 0.4) is 0 Å². The Bertz CT molecular complexity index is 547. The molecule has 2 fully saturated rings. The van der Waals surface area contributed by atoms with Gasteiger partial charge in [-0.15, -0.1) is 24.8 Å². The molecule has 0 radical (unpaired) electrons. The predicted molar refractivity (Wildman–Crippen MR) is 107 cm³/mol. The van der Waals surface area contributed by atoms with Gasteiger partial charge in [-0.2, -0.15) is 0 Å².